The molecule has 0 spiro atoms. The van der Waals surface area contributed by atoms with Gasteiger partial charge in [0.1, 0.15) is 0 Å². The zero-order chi connectivity index (χ0) is 5.70. The molecule has 0 heterocycles. The molecule has 7 heavy (non-hydrogen) atoms. The van der Waals surface area contributed by atoms with Crippen molar-refractivity contribution in [1.29, 1.82) is 0 Å². The van der Waals surface area contributed by atoms with Crippen LogP contribution in [0, 0.1) is 5.92 Å². The fourth-order valence-corrected chi connectivity index (χ4v) is 0.360. The van der Waals surface area contributed by atoms with E-state index < -0.39 is 0 Å². The molecule has 0 fully saturated rings. The van der Waals surface area contributed by atoms with Gasteiger partial charge in [0.15, 0.2) is 0 Å². The molecular weight excluding hydrogens is 86.1 g/mol. The van der Waals surface area contributed by atoms with Crippen LogP contribution in [0.4, 0.5) is 0 Å². The summed E-state index contributed by atoms with van der Waals surface area (Å²) in [5.74, 6) is 0.657. The number of hydrogen-bond acceptors (Lipinski definition) is 1. The second-order valence-corrected chi connectivity index (χ2v) is 1.79. The SMILES string of the molecule is CC[C@H](C)C=NC. The maximum Gasteiger partial charge on any atom is 0.0273 e. The van der Waals surface area contributed by atoms with E-state index in [1.807, 2.05) is 13.3 Å². The minimum Gasteiger partial charge on any atom is -0.301 e. The standard InChI is InChI=1S/C6H13N/c1-4-6(2)5-7-3/h5-6H,4H2,1-3H3/t6-/m0/s1. The average Bonchev–Trinajstić information content (AvgIpc) is 1.68. The van der Waals surface area contributed by atoms with Gasteiger partial charge in [0.05, 0.1) is 0 Å². The molecule has 0 amide bonds. The van der Waals surface area contributed by atoms with Crippen molar-refractivity contribution >= 4 is 6.21 Å². The van der Waals surface area contributed by atoms with E-state index in [4.69, 9.17) is 0 Å². The Kier molecular flexibility index (Phi) is 3.67. The Balaban J connectivity index is 3.16. The Morgan fingerprint density at radius 3 is 2.43 bits per heavy atom. The number of nitrogens with zero attached hydrogens (tertiary/aromatic N) is 1. The first-order chi connectivity index (χ1) is 3.31. The molecule has 0 aromatic heterocycles. The van der Waals surface area contributed by atoms with Crippen LogP contribution in [0.25, 0.3) is 0 Å². The topological polar surface area (TPSA) is 12.4 Å². The van der Waals surface area contributed by atoms with E-state index in [1.54, 1.807) is 0 Å². The van der Waals surface area contributed by atoms with Gasteiger partial charge in [-0.2, -0.15) is 0 Å². The minimum atomic E-state index is 0.657. The van der Waals surface area contributed by atoms with Gasteiger partial charge in [-0.25, -0.2) is 0 Å². The molecule has 0 N–H and O–H groups in total. The smallest absolute Gasteiger partial charge is 0.0273 e. The maximum atomic E-state index is 3.88. The van der Waals surface area contributed by atoms with Gasteiger partial charge in [-0.15, -0.1) is 0 Å². The second kappa shape index (κ2) is 3.85. The second-order valence-electron chi connectivity index (χ2n) is 1.79. The molecule has 1 nitrogen and oxygen atoms in total. The van der Waals surface area contributed by atoms with Crippen LogP contribution in [-0.4, -0.2) is 13.3 Å². The quantitative estimate of drug-likeness (QED) is 0.467. The van der Waals surface area contributed by atoms with Crippen molar-refractivity contribution in [2.45, 2.75) is 20.3 Å². The first kappa shape index (κ1) is 6.67. The van der Waals surface area contributed by atoms with Crippen LogP contribution in [0.1, 0.15) is 20.3 Å². The van der Waals surface area contributed by atoms with Crippen LogP contribution >= 0.6 is 0 Å². The largest absolute Gasteiger partial charge is 0.301 e. The molecule has 0 rings (SSSR count). The molecule has 42 valence electrons. The Hall–Kier alpha value is -0.330. The Morgan fingerprint density at radius 2 is 2.29 bits per heavy atom. The van der Waals surface area contributed by atoms with E-state index in [2.05, 4.69) is 18.8 Å². The van der Waals surface area contributed by atoms with Crippen LogP contribution in [0.15, 0.2) is 4.99 Å². The molecule has 1 heteroatoms. The summed E-state index contributed by atoms with van der Waals surface area (Å²) in [6, 6.07) is 0. The van der Waals surface area contributed by atoms with Gasteiger partial charge in [-0.1, -0.05) is 13.8 Å². The van der Waals surface area contributed by atoms with Crippen LogP contribution in [0.2, 0.25) is 0 Å². The van der Waals surface area contributed by atoms with Gasteiger partial charge in [0, 0.05) is 13.3 Å². The molecular formula is C6H13N. The summed E-state index contributed by atoms with van der Waals surface area (Å²) in [6.45, 7) is 4.32. The van der Waals surface area contributed by atoms with Crippen molar-refractivity contribution in [3.05, 3.63) is 0 Å². The fourth-order valence-electron chi connectivity index (χ4n) is 0.360. The molecule has 0 aromatic carbocycles. The highest BCUT2D eigenvalue weighted by Gasteiger charge is 1.87. The molecule has 0 aliphatic carbocycles. The van der Waals surface area contributed by atoms with E-state index in [0.29, 0.717) is 5.92 Å². The highest BCUT2D eigenvalue weighted by Crippen LogP contribution is 1.93. The lowest BCUT2D eigenvalue weighted by atomic mass is 10.1. The third-order valence-corrected chi connectivity index (χ3v) is 1.05. The first-order valence-corrected chi connectivity index (χ1v) is 2.73. The Labute approximate surface area is 45.5 Å². The number of aliphatic imine (C=N–C) groups is 1. The van der Waals surface area contributed by atoms with E-state index in [9.17, 15) is 0 Å². The van der Waals surface area contributed by atoms with Crippen LogP contribution in [0.5, 0.6) is 0 Å². The predicted octanol–water partition coefficient (Wildman–Crippen LogP) is 1.73. The fraction of sp³-hybridized carbons (Fsp3) is 0.833. The third kappa shape index (κ3) is 3.50. The molecule has 0 bridgehead atoms. The summed E-state index contributed by atoms with van der Waals surface area (Å²) >= 11 is 0. The molecule has 0 saturated heterocycles. The zero-order valence-corrected chi connectivity index (χ0v) is 5.31. The molecule has 0 unspecified atom stereocenters. The van der Waals surface area contributed by atoms with Crippen LogP contribution < -0.4 is 0 Å². The summed E-state index contributed by atoms with van der Waals surface area (Å²) in [5.41, 5.74) is 0. The van der Waals surface area contributed by atoms with Crippen molar-refractivity contribution in [2.24, 2.45) is 10.9 Å². The summed E-state index contributed by atoms with van der Waals surface area (Å²) in [4.78, 5) is 3.88. The lowest BCUT2D eigenvalue weighted by molar-refractivity contribution is 0.753. The predicted molar refractivity (Wildman–Crippen MR) is 33.9 cm³/mol. The van der Waals surface area contributed by atoms with Gasteiger partial charge >= 0.3 is 0 Å². The summed E-state index contributed by atoms with van der Waals surface area (Å²) in [5, 5.41) is 0. The van der Waals surface area contributed by atoms with Gasteiger partial charge in [0.2, 0.25) is 0 Å². The van der Waals surface area contributed by atoms with Crippen molar-refractivity contribution in [2.75, 3.05) is 7.05 Å². The lowest BCUT2D eigenvalue weighted by Crippen LogP contribution is -1.90. The van der Waals surface area contributed by atoms with Crippen molar-refractivity contribution < 1.29 is 0 Å². The van der Waals surface area contributed by atoms with Gasteiger partial charge < -0.3 is 4.99 Å². The van der Waals surface area contributed by atoms with Crippen molar-refractivity contribution in [3.63, 3.8) is 0 Å². The normalized spacial score (nSPS) is 15.3. The monoisotopic (exact) mass is 99.1 g/mol. The lowest BCUT2D eigenvalue weighted by Gasteiger charge is -1.94. The molecule has 0 radical (unpaired) electrons. The van der Waals surface area contributed by atoms with E-state index in [-0.39, 0.29) is 0 Å². The van der Waals surface area contributed by atoms with Gasteiger partial charge in [0.25, 0.3) is 0 Å². The van der Waals surface area contributed by atoms with Gasteiger partial charge in [-0.05, 0) is 12.3 Å². The summed E-state index contributed by atoms with van der Waals surface area (Å²) in [7, 11) is 1.81. The van der Waals surface area contributed by atoms with E-state index >= 15 is 0 Å². The van der Waals surface area contributed by atoms with Crippen molar-refractivity contribution in [3.8, 4) is 0 Å². The molecule has 1 atom stereocenters. The van der Waals surface area contributed by atoms with Gasteiger partial charge in [-0.3, -0.25) is 0 Å². The van der Waals surface area contributed by atoms with Crippen LogP contribution in [0.3, 0.4) is 0 Å². The summed E-state index contributed by atoms with van der Waals surface area (Å²) in [6.07, 6.45) is 3.16. The average molecular weight is 99.2 g/mol. The number of rotatable bonds is 2. The van der Waals surface area contributed by atoms with Crippen molar-refractivity contribution in [1.82, 2.24) is 0 Å². The molecule has 0 aliphatic rings. The van der Waals surface area contributed by atoms with Crippen LogP contribution in [-0.2, 0) is 0 Å². The van der Waals surface area contributed by atoms with E-state index in [0.717, 1.165) is 0 Å². The highest BCUT2D eigenvalue weighted by molar-refractivity contribution is 5.59. The molecule has 0 saturated carbocycles. The first-order valence-electron chi connectivity index (χ1n) is 2.73. The summed E-state index contributed by atoms with van der Waals surface area (Å²) < 4.78 is 0. The molecule has 0 aromatic rings. The zero-order valence-electron chi connectivity index (χ0n) is 5.31. The third-order valence-electron chi connectivity index (χ3n) is 1.05. The number of hydrogen-bond donors (Lipinski definition) is 0. The van der Waals surface area contributed by atoms with E-state index in [1.165, 1.54) is 6.42 Å². The minimum absolute atomic E-state index is 0.657. The Bertz CT molecular complexity index is 57.2. The Morgan fingerprint density at radius 1 is 1.71 bits per heavy atom. The highest BCUT2D eigenvalue weighted by atomic mass is 14.6. The maximum absolute atomic E-state index is 3.88. The molecule has 0 aliphatic heterocycles.